The molecule has 0 spiro atoms. The first-order valence-electron chi connectivity index (χ1n) is 13.9. The zero-order valence-corrected chi connectivity index (χ0v) is 22.0. The summed E-state index contributed by atoms with van der Waals surface area (Å²) < 4.78 is 38.8. The van der Waals surface area contributed by atoms with Gasteiger partial charge in [0.15, 0.2) is 0 Å². The van der Waals surface area contributed by atoms with E-state index in [0.717, 1.165) is 64.4 Å². The van der Waals surface area contributed by atoms with Gasteiger partial charge in [-0.3, -0.25) is 24.3 Å². The first-order chi connectivity index (χ1) is 17.7. The molecule has 0 aromatic rings. The van der Waals surface area contributed by atoms with Crippen LogP contribution in [0.5, 0.6) is 0 Å². The summed E-state index contributed by atoms with van der Waals surface area (Å²) in [4.78, 5) is 32.3. The Morgan fingerprint density at radius 3 is 2.49 bits per heavy atom. The minimum Gasteiger partial charge on any atom is -0.350 e. The molecule has 1 saturated carbocycles. The third-order valence-electron chi connectivity index (χ3n) is 8.37. The van der Waals surface area contributed by atoms with Crippen LogP contribution < -0.4 is 10.6 Å². The molecule has 0 radical (unpaired) electrons. The molecule has 4 rings (SSSR count). The number of amides is 2. The molecule has 2 atom stereocenters. The minimum absolute atomic E-state index is 0.0145. The number of nitrogens with zero attached hydrogens (tertiary/aromatic N) is 3. The molecular weight excluding hydrogens is 483 g/mol. The second-order valence-electron chi connectivity index (χ2n) is 11.1. The molecule has 2 heterocycles. The average molecular weight is 526 g/mol. The molecule has 0 bridgehead atoms. The summed E-state index contributed by atoms with van der Waals surface area (Å²) in [6.07, 6.45) is 5.65. The molecule has 208 valence electrons. The maximum Gasteiger partial charge on any atom is 0.412 e. The highest BCUT2D eigenvalue weighted by Gasteiger charge is 2.35. The lowest BCUT2D eigenvalue weighted by molar-refractivity contribution is -0.124. The van der Waals surface area contributed by atoms with E-state index in [1.165, 1.54) is 38.2 Å². The lowest BCUT2D eigenvalue weighted by atomic mass is 9.94. The Morgan fingerprint density at radius 2 is 1.78 bits per heavy atom. The van der Waals surface area contributed by atoms with Gasteiger partial charge in [-0.1, -0.05) is 25.3 Å². The molecule has 2 aliphatic carbocycles. The number of alkyl halides is 3. The molecule has 10 heteroatoms. The van der Waals surface area contributed by atoms with E-state index < -0.39 is 17.7 Å². The highest BCUT2D eigenvalue weighted by Crippen LogP contribution is 2.32. The number of likely N-dealkylation sites (tertiary alicyclic amines) is 1. The Bertz CT molecular complexity index is 861. The Morgan fingerprint density at radius 1 is 1.05 bits per heavy atom. The van der Waals surface area contributed by atoms with Crippen molar-refractivity contribution in [1.82, 2.24) is 25.3 Å². The van der Waals surface area contributed by atoms with E-state index in [2.05, 4.69) is 32.3 Å². The summed E-state index contributed by atoms with van der Waals surface area (Å²) in [5.41, 5.74) is -0.748. The first-order valence-corrected chi connectivity index (χ1v) is 13.9. The number of hydrogen-bond acceptors (Lipinski definition) is 5. The van der Waals surface area contributed by atoms with Crippen LogP contribution in [0.15, 0.2) is 23.3 Å². The smallest absolute Gasteiger partial charge is 0.350 e. The van der Waals surface area contributed by atoms with E-state index in [0.29, 0.717) is 6.04 Å². The van der Waals surface area contributed by atoms with Crippen LogP contribution in [0.25, 0.3) is 0 Å². The Balaban J connectivity index is 1.13. The summed E-state index contributed by atoms with van der Waals surface area (Å²) >= 11 is 0. The third-order valence-corrected chi connectivity index (χ3v) is 8.37. The van der Waals surface area contributed by atoms with Gasteiger partial charge in [-0.05, 0) is 45.1 Å². The molecule has 2 N–H and O–H groups in total. The molecule has 0 aromatic heterocycles. The Labute approximate surface area is 218 Å². The molecule has 2 amide bonds. The number of piperazine rings is 1. The monoisotopic (exact) mass is 525 g/mol. The lowest BCUT2D eigenvalue weighted by Gasteiger charge is -2.42. The topological polar surface area (TPSA) is 67.9 Å². The van der Waals surface area contributed by atoms with Gasteiger partial charge in [-0.15, -0.1) is 0 Å². The fraction of sp³-hybridized carbons (Fsp3) is 0.778. The number of allylic oxidation sites excluding steroid dienone is 2. The highest BCUT2D eigenvalue weighted by molar-refractivity contribution is 5.98. The number of carbonyl (C=O) groups is 2. The van der Waals surface area contributed by atoms with Gasteiger partial charge in [0.25, 0.3) is 5.91 Å². The first kappa shape index (κ1) is 28.1. The van der Waals surface area contributed by atoms with Gasteiger partial charge in [0, 0.05) is 75.1 Å². The number of hydrogen-bond donors (Lipinski definition) is 2. The van der Waals surface area contributed by atoms with E-state index in [4.69, 9.17) is 0 Å². The molecule has 3 fully saturated rings. The SMILES string of the molecule is CC(CN1CCN(C2CCCCC2)CC1)N1CC[C@@H](NC(=O)CNC(=O)C2=CCCC(C(F)(F)F)=C2)C1. The van der Waals surface area contributed by atoms with Crippen molar-refractivity contribution < 1.29 is 22.8 Å². The van der Waals surface area contributed by atoms with Crippen LogP contribution in [0.1, 0.15) is 58.3 Å². The molecule has 1 unspecified atom stereocenters. The summed E-state index contributed by atoms with van der Waals surface area (Å²) in [5, 5.41) is 5.43. The van der Waals surface area contributed by atoms with Crippen LogP contribution in [0, 0.1) is 0 Å². The number of rotatable bonds is 8. The zero-order chi connectivity index (χ0) is 26.4. The maximum absolute atomic E-state index is 12.9. The standard InChI is InChI=1S/C27H42F3N5O2/c1-20(18-33-12-14-34(15-13-33)24-8-3-2-4-9-24)35-11-10-23(19-35)32-25(36)17-31-26(37)21-6-5-7-22(16-21)27(28,29)30/h6,16,20,23-24H,2-5,7-15,17-19H2,1H3,(H,31,37)(H,32,36)/t20?,23-/m1/s1. The van der Waals surface area contributed by atoms with Gasteiger partial charge in [-0.2, -0.15) is 13.2 Å². The normalized spacial score (nSPS) is 25.9. The van der Waals surface area contributed by atoms with Crippen molar-refractivity contribution >= 4 is 11.8 Å². The molecule has 37 heavy (non-hydrogen) atoms. The van der Waals surface area contributed by atoms with Crippen molar-refractivity contribution in [1.29, 1.82) is 0 Å². The van der Waals surface area contributed by atoms with Crippen LogP contribution in [-0.2, 0) is 9.59 Å². The van der Waals surface area contributed by atoms with E-state index in [-0.39, 0.29) is 36.9 Å². The van der Waals surface area contributed by atoms with Crippen molar-refractivity contribution in [2.75, 3.05) is 52.4 Å². The van der Waals surface area contributed by atoms with E-state index >= 15 is 0 Å². The Hall–Kier alpha value is -1.91. The van der Waals surface area contributed by atoms with Gasteiger partial charge in [0.1, 0.15) is 0 Å². The third kappa shape index (κ3) is 8.04. The number of nitrogens with one attached hydrogen (secondary N) is 2. The molecule has 2 aliphatic heterocycles. The van der Waals surface area contributed by atoms with Crippen molar-refractivity contribution in [3.63, 3.8) is 0 Å². The highest BCUT2D eigenvalue weighted by atomic mass is 19.4. The van der Waals surface area contributed by atoms with Gasteiger partial charge < -0.3 is 10.6 Å². The van der Waals surface area contributed by atoms with Crippen molar-refractivity contribution in [2.24, 2.45) is 0 Å². The summed E-state index contributed by atoms with van der Waals surface area (Å²) in [6.45, 7) is 9.26. The van der Waals surface area contributed by atoms with E-state index in [9.17, 15) is 22.8 Å². The number of halogens is 3. The van der Waals surface area contributed by atoms with Crippen molar-refractivity contribution in [2.45, 2.75) is 82.6 Å². The minimum atomic E-state index is -4.44. The predicted molar refractivity (Wildman–Crippen MR) is 137 cm³/mol. The molecule has 2 saturated heterocycles. The van der Waals surface area contributed by atoms with Crippen LogP contribution in [0.3, 0.4) is 0 Å². The van der Waals surface area contributed by atoms with Gasteiger partial charge in [-0.25, -0.2) is 0 Å². The van der Waals surface area contributed by atoms with Gasteiger partial charge in [0.05, 0.1) is 6.54 Å². The van der Waals surface area contributed by atoms with Crippen LogP contribution in [0.4, 0.5) is 13.2 Å². The predicted octanol–water partition coefficient (Wildman–Crippen LogP) is 2.84. The van der Waals surface area contributed by atoms with Gasteiger partial charge >= 0.3 is 6.18 Å². The fourth-order valence-electron chi connectivity index (χ4n) is 6.18. The average Bonchev–Trinajstić information content (AvgIpc) is 3.36. The maximum atomic E-state index is 12.9. The molecule has 7 nitrogen and oxygen atoms in total. The largest absolute Gasteiger partial charge is 0.412 e. The fourth-order valence-corrected chi connectivity index (χ4v) is 6.18. The molecule has 0 aromatic carbocycles. The second-order valence-corrected chi connectivity index (χ2v) is 11.1. The van der Waals surface area contributed by atoms with Crippen LogP contribution >= 0.6 is 0 Å². The summed E-state index contributed by atoms with van der Waals surface area (Å²) in [6, 6.07) is 1.20. The zero-order valence-electron chi connectivity index (χ0n) is 22.0. The van der Waals surface area contributed by atoms with Crippen molar-refractivity contribution in [3.8, 4) is 0 Å². The number of carbonyl (C=O) groups excluding carboxylic acids is 2. The quantitative estimate of drug-likeness (QED) is 0.510. The molecular formula is C27H42F3N5O2. The van der Waals surface area contributed by atoms with Crippen LogP contribution in [-0.4, -0.2) is 103 Å². The second kappa shape index (κ2) is 12.8. The van der Waals surface area contributed by atoms with Gasteiger partial charge in [0.2, 0.25) is 5.91 Å². The van der Waals surface area contributed by atoms with E-state index in [1.54, 1.807) is 0 Å². The lowest BCUT2D eigenvalue weighted by Crippen LogP contribution is -2.53. The Kier molecular flexibility index (Phi) is 9.69. The van der Waals surface area contributed by atoms with Crippen LogP contribution in [0.2, 0.25) is 0 Å². The summed E-state index contributed by atoms with van der Waals surface area (Å²) in [5.74, 6) is -0.968. The van der Waals surface area contributed by atoms with E-state index in [1.807, 2.05) is 0 Å². The van der Waals surface area contributed by atoms with Crippen molar-refractivity contribution in [3.05, 3.63) is 23.3 Å². The summed E-state index contributed by atoms with van der Waals surface area (Å²) in [7, 11) is 0. The molecule has 4 aliphatic rings.